The van der Waals surface area contributed by atoms with Crippen molar-refractivity contribution in [2.75, 3.05) is 25.5 Å². The van der Waals surface area contributed by atoms with Crippen LogP contribution >= 0.6 is 0 Å². The van der Waals surface area contributed by atoms with Gasteiger partial charge in [-0.3, -0.25) is 9.59 Å². The van der Waals surface area contributed by atoms with Gasteiger partial charge in [0, 0.05) is 26.6 Å². The number of hydrogen-bond donors (Lipinski definition) is 3. The highest BCUT2D eigenvalue weighted by molar-refractivity contribution is 5.92. The topological polar surface area (TPSA) is 96.0 Å². The molecule has 0 saturated carbocycles. The molecule has 0 aliphatic carbocycles. The van der Waals surface area contributed by atoms with Crippen LogP contribution in [0.3, 0.4) is 0 Å². The van der Waals surface area contributed by atoms with Crippen LogP contribution in [0.15, 0.2) is 12.4 Å². The van der Waals surface area contributed by atoms with Gasteiger partial charge >= 0.3 is 0 Å². The number of nitrogens with one attached hydrogen (secondary N) is 3. The van der Waals surface area contributed by atoms with Crippen LogP contribution in [0.1, 0.15) is 30.8 Å². The van der Waals surface area contributed by atoms with Gasteiger partial charge in [-0.05, 0) is 5.92 Å². The maximum Gasteiger partial charge on any atom is 0.271 e. The predicted molar refractivity (Wildman–Crippen MR) is 76.4 cm³/mol. The molecule has 7 nitrogen and oxygen atoms in total. The summed E-state index contributed by atoms with van der Waals surface area (Å²) in [5, 5.41) is 8.23. The summed E-state index contributed by atoms with van der Waals surface area (Å²) in [6, 6.07) is 0. The molecule has 0 saturated heterocycles. The minimum atomic E-state index is -0.336. The first kappa shape index (κ1) is 15.9. The summed E-state index contributed by atoms with van der Waals surface area (Å²) in [4.78, 5) is 31.1. The Balaban J connectivity index is 2.30. The molecule has 0 aromatic carbocycles. The SMILES string of the molecule is CNc1cnc(C(=O)NCCC(=O)NCC(C)C)cn1. The number of carbonyl (C=O) groups excluding carboxylic acids is 2. The molecular formula is C13H21N5O2. The third-order valence-electron chi connectivity index (χ3n) is 2.49. The predicted octanol–water partition coefficient (Wildman–Crippen LogP) is 0.410. The normalized spacial score (nSPS) is 10.2. The Hall–Kier alpha value is -2.18. The molecule has 1 aromatic rings. The van der Waals surface area contributed by atoms with Gasteiger partial charge in [-0.25, -0.2) is 9.97 Å². The van der Waals surface area contributed by atoms with Crippen LogP contribution in [-0.4, -0.2) is 41.9 Å². The second-order valence-electron chi connectivity index (χ2n) is 4.74. The van der Waals surface area contributed by atoms with Gasteiger partial charge in [0.1, 0.15) is 11.5 Å². The molecule has 0 fully saturated rings. The Kier molecular flexibility index (Phi) is 6.42. The van der Waals surface area contributed by atoms with Crippen molar-refractivity contribution < 1.29 is 9.59 Å². The lowest BCUT2D eigenvalue weighted by molar-refractivity contribution is -0.121. The number of aromatic nitrogens is 2. The fourth-order valence-electron chi connectivity index (χ4n) is 1.36. The van der Waals surface area contributed by atoms with E-state index < -0.39 is 0 Å². The van der Waals surface area contributed by atoms with Gasteiger partial charge in [-0.2, -0.15) is 0 Å². The van der Waals surface area contributed by atoms with Gasteiger partial charge in [0.05, 0.1) is 12.4 Å². The molecule has 0 unspecified atom stereocenters. The van der Waals surface area contributed by atoms with Crippen molar-refractivity contribution in [3.8, 4) is 0 Å². The van der Waals surface area contributed by atoms with Crippen LogP contribution in [0.25, 0.3) is 0 Å². The molecule has 20 heavy (non-hydrogen) atoms. The lowest BCUT2D eigenvalue weighted by Crippen LogP contribution is -2.32. The first-order valence-corrected chi connectivity index (χ1v) is 6.57. The van der Waals surface area contributed by atoms with Gasteiger partial charge in [0.15, 0.2) is 0 Å². The van der Waals surface area contributed by atoms with Crippen molar-refractivity contribution >= 4 is 17.6 Å². The number of nitrogens with zero attached hydrogens (tertiary/aromatic N) is 2. The molecular weight excluding hydrogens is 258 g/mol. The molecule has 0 aliphatic heterocycles. The Bertz CT molecular complexity index is 445. The molecule has 1 aromatic heterocycles. The number of amides is 2. The maximum absolute atomic E-state index is 11.7. The summed E-state index contributed by atoms with van der Waals surface area (Å²) in [6.45, 7) is 4.97. The lowest BCUT2D eigenvalue weighted by Gasteiger charge is -2.08. The van der Waals surface area contributed by atoms with E-state index in [9.17, 15) is 9.59 Å². The summed E-state index contributed by atoms with van der Waals surface area (Å²) in [5.74, 6) is 0.594. The number of carbonyl (C=O) groups is 2. The summed E-state index contributed by atoms with van der Waals surface area (Å²) < 4.78 is 0. The van der Waals surface area contributed by atoms with Crippen LogP contribution in [0.5, 0.6) is 0 Å². The number of hydrogen-bond acceptors (Lipinski definition) is 5. The molecule has 110 valence electrons. The van der Waals surface area contributed by atoms with Crippen molar-refractivity contribution in [1.29, 1.82) is 0 Å². The average Bonchev–Trinajstić information content (AvgIpc) is 2.45. The highest BCUT2D eigenvalue weighted by Gasteiger charge is 2.08. The molecule has 1 heterocycles. The summed E-state index contributed by atoms with van der Waals surface area (Å²) >= 11 is 0. The van der Waals surface area contributed by atoms with Crippen LogP contribution in [0.4, 0.5) is 5.82 Å². The van der Waals surface area contributed by atoms with E-state index in [1.54, 1.807) is 7.05 Å². The second kappa shape index (κ2) is 8.08. The molecule has 1 rings (SSSR count). The standard InChI is InChI=1S/C13H21N5O2/c1-9(2)6-18-12(19)4-5-15-13(20)10-7-17-11(14-3)8-16-10/h7-9H,4-6H2,1-3H3,(H,14,17)(H,15,20)(H,18,19). The third-order valence-corrected chi connectivity index (χ3v) is 2.49. The fraction of sp³-hybridized carbons (Fsp3) is 0.538. The minimum absolute atomic E-state index is 0.0735. The average molecular weight is 279 g/mol. The zero-order valence-corrected chi connectivity index (χ0v) is 12.1. The highest BCUT2D eigenvalue weighted by Crippen LogP contribution is 1.99. The third kappa shape index (κ3) is 5.64. The first-order valence-electron chi connectivity index (χ1n) is 6.57. The summed E-state index contributed by atoms with van der Waals surface area (Å²) in [6.07, 6.45) is 3.12. The molecule has 2 amide bonds. The number of rotatable bonds is 7. The van der Waals surface area contributed by atoms with E-state index in [0.29, 0.717) is 18.3 Å². The smallest absolute Gasteiger partial charge is 0.271 e. The van der Waals surface area contributed by atoms with E-state index in [1.165, 1.54) is 12.4 Å². The zero-order valence-electron chi connectivity index (χ0n) is 12.1. The van der Waals surface area contributed by atoms with Gasteiger partial charge < -0.3 is 16.0 Å². The van der Waals surface area contributed by atoms with E-state index in [2.05, 4.69) is 25.9 Å². The van der Waals surface area contributed by atoms with Gasteiger partial charge in [0.2, 0.25) is 5.91 Å². The quantitative estimate of drug-likeness (QED) is 0.672. The first-order chi connectivity index (χ1) is 9.52. The molecule has 0 aliphatic rings. The molecule has 0 atom stereocenters. The van der Waals surface area contributed by atoms with Crippen LogP contribution in [-0.2, 0) is 4.79 Å². The second-order valence-corrected chi connectivity index (χ2v) is 4.74. The van der Waals surface area contributed by atoms with E-state index in [-0.39, 0.29) is 30.5 Å². The zero-order chi connectivity index (χ0) is 15.0. The van der Waals surface area contributed by atoms with Crippen LogP contribution in [0, 0.1) is 5.92 Å². The van der Waals surface area contributed by atoms with E-state index in [1.807, 2.05) is 13.8 Å². The molecule has 0 spiro atoms. The largest absolute Gasteiger partial charge is 0.372 e. The van der Waals surface area contributed by atoms with E-state index >= 15 is 0 Å². The van der Waals surface area contributed by atoms with Crippen LogP contribution in [0.2, 0.25) is 0 Å². The Labute approximate surface area is 118 Å². The van der Waals surface area contributed by atoms with Crippen molar-refractivity contribution in [2.45, 2.75) is 20.3 Å². The van der Waals surface area contributed by atoms with Gasteiger partial charge in [-0.15, -0.1) is 0 Å². The van der Waals surface area contributed by atoms with Crippen LogP contribution < -0.4 is 16.0 Å². The molecule has 0 bridgehead atoms. The maximum atomic E-state index is 11.7. The highest BCUT2D eigenvalue weighted by atomic mass is 16.2. The minimum Gasteiger partial charge on any atom is -0.372 e. The molecule has 3 N–H and O–H groups in total. The lowest BCUT2D eigenvalue weighted by atomic mass is 10.2. The summed E-state index contributed by atoms with van der Waals surface area (Å²) in [5.41, 5.74) is 0.228. The van der Waals surface area contributed by atoms with Crippen molar-refractivity contribution in [1.82, 2.24) is 20.6 Å². The Morgan fingerprint density at radius 1 is 1.20 bits per heavy atom. The Morgan fingerprint density at radius 2 is 1.95 bits per heavy atom. The van der Waals surface area contributed by atoms with E-state index in [4.69, 9.17) is 0 Å². The van der Waals surface area contributed by atoms with Crippen molar-refractivity contribution in [3.63, 3.8) is 0 Å². The molecule has 7 heteroatoms. The van der Waals surface area contributed by atoms with E-state index in [0.717, 1.165) is 0 Å². The molecule has 0 radical (unpaired) electrons. The van der Waals surface area contributed by atoms with Crippen molar-refractivity contribution in [3.05, 3.63) is 18.1 Å². The monoisotopic (exact) mass is 279 g/mol. The van der Waals surface area contributed by atoms with Gasteiger partial charge in [-0.1, -0.05) is 13.8 Å². The fourth-order valence-corrected chi connectivity index (χ4v) is 1.36. The number of anilines is 1. The summed E-state index contributed by atoms with van der Waals surface area (Å²) in [7, 11) is 1.72. The van der Waals surface area contributed by atoms with Crippen molar-refractivity contribution in [2.24, 2.45) is 5.92 Å². The Morgan fingerprint density at radius 3 is 2.50 bits per heavy atom. The van der Waals surface area contributed by atoms with Gasteiger partial charge in [0.25, 0.3) is 5.91 Å².